The van der Waals surface area contributed by atoms with Gasteiger partial charge in [0, 0.05) is 24.5 Å². The van der Waals surface area contributed by atoms with E-state index in [0.717, 1.165) is 21.6 Å². The van der Waals surface area contributed by atoms with Gasteiger partial charge in [0.05, 0.1) is 16.3 Å². The highest BCUT2D eigenvalue weighted by Crippen LogP contribution is 2.30. The van der Waals surface area contributed by atoms with Crippen LogP contribution in [0.5, 0.6) is 0 Å². The minimum atomic E-state index is -0.898. The maximum atomic E-state index is 12.7. The number of piperidine rings is 1. The molecule has 0 spiro atoms. The molecule has 2 amide bonds. The van der Waals surface area contributed by atoms with Crippen LogP contribution in [0.3, 0.4) is 0 Å². The molecule has 1 aromatic carbocycles. The van der Waals surface area contributed by atoms with Crippen LogP contribution in [0, 0.1) is 6.92 Å². The number of aromatic nitrogens is 2. The van der Waals surface area contributed by atoms with Crippen molar-refractivity contribution in [3.8, 4) is 5.69 Å². The Hall–Kier alpha value is -2.87. The second kappa shape index (κ2) is 7.03. The van der Waals surface area contributed by atoms with Gasteiger partial charge in [0.1, 0.15) is 4.83 Å². The highest BCUT2D eigenvalue weighted by molar-refractivity contribution is 7.20. The molecule has 4 rings (SSSR count). The van der Waals surface area contributed by atoms with E-state index in [4.69, 9.17) is 5.11 Å². The summed E-state index contributed by atoms with van der Waals surface area (Å²) in [6.45, 7) is 2.85. The predicted octanol–water partition coefficient (Wildman–Crippen LogP) is 3.27. The molecule has 2 aromatic heterocycles. The van der Waals surface area contributed by atoms with Gasteiger partial charge in [-0.2, -0.15) is 5.10 Å². The van der Waals surface area contributed by atoms with Crippen LogP contribution in [0.15, 0.2) is 36.4 Å². The number of likely N-dealkylation sites (tertiary alicyclic amines) is 1. The van der Waals surface area contributed by atoms with Crippen LogP contribution in [0.1, 0.15) is 28.2 Å². The summed E-state index contributed by atoms with van der Waals surface area (Å²) in [5, 5.41) is 17.6. The fourth-order valence-electron chi connectivity index (χ4n) is 3.37. The maximum absolute atomic E-state index is 12.7. The van der Waals surface area contributed by atoms with Gasteiger partial charge in [-0.3, -0.25) is 4.79 Å². The van der Waals surface area contributed by atoms with Gasteiger partial charge in [-0.15, -0.1) is 11.3 Å². The van der Waals surface area contributed by atoms with E-state index < -0.39 is 6.09 Å². The van der Waals surface area contributed by atoms with Crippen molar-refractivity contribution in [2.45, 2.75) is 25.8 Å². The summed E-state index contributed by atoms with van der Waals surface area (Å²) < 4.78 is 1.87. The third-order valence-corrected chi connectivity index (χ3v) is 5.98. The first-order valence-corrected chi connectivity index (χ1v) is 9.68. The number of hydrogen-bond acceptors (Lipinski definition) is 4. The Morgan fingerprint density at radius 3 is 2.59 bits per heavy atom. The summed E-state index contributed by atoms with van der Waals surface area (Å²) in [4.78, 5) is 26.7. The molecule has 27 heavy (non-hydrogen) atoms. The van der Waals surface area contributed by atoms with E-state index >= 15 is 0 Å². The van der Waals surface area contributed by atoms with Crippen LogP contribution in [0.4, 0.5) is 4.79 Å². The largest absolute Gasteiger partial charge is 0.465 e. The summed E-state index contributed by atoms with van der Waals surface area (Å²) >= 11 is 1.43. The van der Waals surface area contributed by atoms with Crippen molar-refractivity contribution in [1.82, 2.24) is 20.0 Å². The van der Waals surface area contributed by atoms with Gasteiger partial charge in [0.25, 0.3) is 5.91 Å². The Kier molecular flexibility index (Phi) is 4.57. The Morgan fingerprint density at radius 1 is 1.22 bits per heavy atom. The first-order valence-electron chi connectivity index (χ1n) is 8.86. The number of amides is 2. The monoisotopic (exact) mass is 384 g/mol. The molecule has 0 bridgehead atoms. The minimum absolute atomic E-state index is 0.00466. The molecule has 0 unspecified atom stereocenters. The lowest BCUT2D eigenvalue weighted by molar-refractivity contribution is 0.0911. The molecule has 1 fully saturated rings. The van der Waals surface area contributed by atoms with E-state index in [9.17, 15) is 9.59 Å². The number of carbonyl (C=O) groups excluding carboxylic acids is 1. The molecule has 140 valence electrons. The molecule has 1 saturated heterocycles. The first kappa shape index (κ1) is 17.5. The van der Waals surface area contributed by atoms with Gasteiger partial charge in [0.15, 0.2) is 0 Å². The van der Waals surface area contributed by atoms with Gasteiger partial charge in [-0.1, -0.05) is 18.2 Å². The minimum Gasteiger partial charge on any atom is -0.465 e. The highest BCUT2D eigenvalue weighted by Gasteiger charge is 2.25. The summed E-state index contributed by atoms with van der Waals surface area (Å²) in [6, 6.07) is 11.8. The van der Waals surface area contributed by atoms with E-state index in [1.54, 1.807) is 0 Å². The van der Waals surface area contributed by atoms with Gasteiger partial charge in [-0.05, 0) is 38.0 Å². The van der Waals surface area contributed by atoms with Crippen molar-refractivity contribution in [3.63, 3.8) is 0 Å². The van der Waals surface area contributed by atoms with Gasteiger partial charge in [-0.25, -0.2) is 9.48 Å². The fourth-order valence-corrected chi connectivity index (χ4v) is 4.46. The number of carbonyl (C=O) groups is 2. The molecule has 3 heterocycles. The van der Waals surface area contributed by atoms with E-state index in [0.29, 0.717) is 30.8 Å². The molecule has 0 aliphatic carbocycles. The van der Waals surface area contributed by atoms with Crippen LogP contribution in [0.25, 0.3) is 15.9 Å². The van der Waals surface area contributed by atoms with Crippen molar-refractivity contribution in [1.29, 1.82) is 0 Å². The quantitative estimate of drug-likeness (QED) is 0.725. The van der Waals surface area contributed by atoms with Crippen molar-refractivity contribution >= 4 is 33.6 Å². The summed E-state index contributed by atoms with van der Waals surface area (Å²) in [7, 11) is 0. The van der Waals surface area contributed by atoms with E-state index in [2.05, 4.69) is 10.4 Å². The molecule has 0 atom stereocenters. The third kappa shape index (κ3) is 3.40. The Labute approximate surface area is 160 Å². The molecule has 7 nitrogen and oxygen atoms in total. The summed E-state index contributed by atoms with van der Waals surface area (Å²) in [5.41, 5.74) is 1.85. The molecule has 2 N–H and O–H groups in total. The number of carboxylic acid groups (broad SMARTS) is 1. The Bertz CT molecular complexity index is 987. The van der Waals surface area contributed by atoms with E-state index in [1.165, 1.54) is 16.2 Å². The smallest absolute Gasteiger partial charge is 0.407 e. The molecule has 0 radical (unpaired) electrons. The SMILES string of the molecule is Cc1nn(-c2ccccc2)c2sc(C(=O)NC3CCN(C(=O)O)CC3)cc12. The lowest BCUT2D eigenvalue weighted by Gasteiger charge is -2.30. The van der Waals surface area contributed by atoms with Crippen LogP contribution >= 0.6 is 11.3 Å². The van der Waals surface area contributed by atoms with Crippen LogP contribution < -0.4 is 5.32 Å². The summed E-state index contributed by atoms with van der Waals surface area (Å²) in [6.07, 6.45) is 0.379. The van der Waals surface area contributed by atoms with Crippen molar-refractivity contribution in [2.24, 2.45) is 0 Å². The lowest BCUT2D eigenvalue weighted by atomic mass is 10.1. The van der Waals surface area contributed by atoms with Gasteiger partial charge < -0.3 is 15.3 Å². The molecular formula is C19H20N4O3S. The number of benzene rings is 1. The molecule has 8 heteroatoms. The average Bonchev–Trinajstić information content (AvgIpc) is 3.24. The van der Waals surface area contributed by atoms with Crippen LogP contribution in [-0.4, -0.2) is 50.9 Å². The zero-order chi connectivity index (χ0) is 19.0. The van der Waals surface area contributed by atoms with Crippen molar-refractivity contribution in [3.05, 3.63) is 47.0 Å². The third-order valence-electron chi connectivity index (χ3n) is 4.87. The molecule has 1 aliphatic heterocycles. The number of aryl methyl sites for hydroxylation is 1. The van der Waals surface area contributed by atoms with E-state index in [-0.39, 0.29) is 11.9 Å². The van der Waals surface area contributed by atoms with Gasteiger partial charge in [0.2, 0.25) is 0 Å². The molecular weight excluding hydrogens is 364 g/mol. The van der Waals surface area contributed by atoms with Crippen molar-refractivity contribution in [2.75, 3.05) is 13.1 Å². The predicted molar refractivity (Wildman–Crippen MR) is 104 cm³/mol. The van der Waals surface area contributed by atoms with Crippen molar-refractivity contribution < 1.29 is 14.7 Å². The second-order valence-electron chi connectivity index (χ2n) is 6.68. The molecule has 3 aromatic rings. The number of rotatable bonds is 3. The Balaban J connectivity index is 1.53. The number of hydrogen-bond donors (Lipinski definition) is 2. The van der Waals surface area contributed by atoms with Crippen LogP contribution in [-0.2, 0) is 0 Å². The molecule has 1 aliphatic rings. The first-order chi connectivity index (χ1) is 13.0. The van der Waals surface area contributed by atoms with Gasteiger partial charge >= 0.3 is 6.09 Å². The standard InChI is InChI=1S/C19H20N4O3S/c1-12-15-11-16(17(24)20-13-7-9-22(10-8-13)19(25)26)27-18(15)23(21-12)14-5-3-2-4-6-14/h2-6,11,13H,7-10H2,1H3,(H,20,24)(H,25,26). The van der Waals surface area contributed by atoms with Crippen LogP contribution in [0.2, 0.25) is 0 Å². The Morgan fingerprint density at radius 2 is 1.93 bits per heavy atom. The summed E-state index contributed by atoms with van der Waals surface area (Å²) in [5.74, 6) is -0.107. The number of para-hydroxylation sites is 1. The number of nitrogens with zero attached hydrogens (tertiary/aromatic N) is 3. The lowest BCUT2D eigenvalue weighted by Crippen LogP contribution is -2.46. The normalized spacial score (nSPS) is 15.2. The molecule has 0 saturated carbocycles. The number of thiophene rings is 1. The number of nitrogens with one attached hydrogen (secondary N) is 1. The zero-order valence-corrected chi connectivity index (χ0v) is 15.7. The average molecular weight is 384 g/mol. The highest BCUT2D eigenvalue weighted by atomic mass is 32.1. The maximum Gasteiger partial charge on any atom is 0.407 e. The topological polar surface area (TPSA) is 87.5 Å². The second-order valence-corrected chi connectivity index (χ2v) is 7.71. The zero-order valence-electron chi connectivity index (χ0n) is 14.9. The fraction of sp³-hybridized carbons (Fsp3) is 0.316. The van der Waals surface area contributed by atoms with E-state index in [1.807, 2.05) is 48.0 Å². The number of fused-ring (bicyclic) bond motifs is 1.